The summed E-state index contributed by atoms with van der Waals surface area (Å²) in [6, 6.07) is 0.344. The molecule has 5 nitrogen and oxygen atoms in total. The summed E-state index contributed by atoms with van der Waals surface area (Å²) in [5.41, 5.74) is 0.513. The van der Waals surface area contributed by atoms with Crippen LogP contribution >= 0.6 is 0 Å². The minimum atomic E-state index is -3.50. The molecular weight excluding hydrogens is 278 g/mol. The van der Waals surface area contributed by atoms with Crippen molar-refractivity contribution in [2.75, 3.05) is 18.1 Å². The molecule has 2 bridgehead atoms. The van der Waals surface area contributed by atoms with Crippen LogP contribution in [0.2, 0.25) is 0 Å². The van der Waals surface area contributed by atoms with Crippen molar-refractivity contribution < 1.29 is 18.3 Å². The van der Waals surface area contributed by atoms with Crippen molar-refractivity contribution in [3.8, 4) is 0 Å². The molecule has 20 heavy (non-hydrogen) atoms. The number of aliphatic carboxylic acids is 1. The van der Waals surface area contributed by atoms with Gasteiger partial charge in [-0.1, -0.05) is 20.8 Å². The molecule has 0 spiro atoms. The molecule has 6 heteroatoms. The van der Waals surface area contributed by atoms with E-state index in [2.05, 4.69) is 26.1 Å². The monoisotopic (exact) mass is 303 g/mol. The maximum absolute atomic E-state index is 11.6. The highest BCUT2D eigenvalue weighted by Crippen LogP contribution is 2.65. The van der Waals surface area contributed by atoms with Gasteiger partial charge < -0.3 is 10.4 Å². The van der Waals surface area contributed by atoms with Crippen LogP contribution in [0.25, 0.3) is 0 Å². The highest BCUT2D eigenvalue weighted by Gasteiger charge is 2.60. The molecule has 2 aliphatic rings. The van der Waals surface area contributed by atoms with Crippen LogP contribution in [0, 0.1) is 16.7 Å². The topological polar surface area (TPSA) is 83.5 Å². The van der Waals surface area contributed by atoms with Gasteiger partial charge in [0.05, 0.1) is 5.75 Å². The lowest BCUT2D eigenvalue weighted by Gasteiger charge is -2.39. The molecule has 0 saturated heterocycles. The summed E-state index contributed by atoms with van der Waals surface area (Å²) in [6.07, 6.45) is 3.55. The van der Waals surface area contributed by atoms with Gasteiger partial charge in [-0.25, -0.2) is 8.42 Å². The zero-order valence-corrected chi connectivity index (χ0v) is 13.3. The van der Waals surface area contributed by atoms with Gasteiger partial charge in [0.1, 0.15) is 5.75 Å². The van der Waals surface area contributed by atoms with E-state index in [0.29, 0.717) is 23.9 Å². The average Bonchev–Trinajstić information content (AvgIpc) is 2.59. The fraction of sp³-hybridized carbons (Fsp3) is 0.929. The first-order valence-electron chi connectivity index (χ1n) is 7.24. The van der Waals surface area contributed by atoms with Gasteiger partial charge in [-0.3, -0.25) is 4.79 Å². The van der Waals surface area contributed by atoms with Crippen LogP contribution in [-0.2, 0) is 14.6 Å². The lowest BCUT2D eigenvalue weighted by atomic mass is 9.69. The van der Waals surface area contributed by atoms with Crippen LogP contribution in [0.4, 0.5) is 0 Å². The van der Waals surface area contributed by atoms with E-state index in [-0.39, 0.29) is 11.2 Å². The lowest BCUT2D eigenvalue weighted by Crippen LogP contribution is -2.46. The summed E-state index contributed by atoms with van der Waals surface area (Å²) in [5.74, 6) is -1.44. The molecule has 0 aromatic carbocycles. The summed E-state index contributed by atoms with van der Waals surface area (Å²) >= 11 is 0. The highest BCUT2D eigenvalue weighted by atomic mass is 32.2. The molecule has 3 unspecified atom stereocenters. The van der Waals surface area contributed by atoms with Crippen LogP contribution in [0.1, 0.15) is 40.0 Å². The van der Waals surface area contributed by atoms with Gasteiger partial charge in [0, 0.05) is 12.6 Å². The Kier molecular flexibility index (Phi) is 3.93. The first-order chi connectivity index (χ1) is 9.08. The maximum Gasteiger partial charge on any atom is 0.318 e. The minimum Gasteiger partial charge on any atom is -0.480 e. The number of hydrogen-bond donors (Lipinski definition) is 2. The van der Waals surface area contributed by atoms with Crippen molar-refractivity contribution in [3.05, 3.63) is 0 Å². The smallest absolute Gasteiger partial charge is 0.318 e. The molecule has 2 fully saturated rings. The third-order valence-corrected chi connectivity index (χ3v) is 7.45. The number of carbonyl (C=O) groups is 1. The number of fused-ring (bicyclic) bond motifs is 2. The van der Waals surface area contributed by atoms with E-state index in [1.807, 2.05) is 0 Å². The maximum atomic E-state index is 11.6. The lowest BCUT2D eigenvalue weighted by molar-refractivity contribution is -0.134. The number of nitrogens with one attached hydrogen (secondary N) is 1. The molecule has 0 aliphatic heterocycles. The number of sulfone groups is 1. The summed E-state index contributed by atoms with van der Waals surface area (Å²) in [5, 5.41) is 11.9. The summed E-state index contributed by atoms with van der Waals surface area (Å²) < 4.78 is 23.1. The molecule has 0 heterocycles. The molecule has 0 aromatic rings. The largest absolute Gasteiger partial charge is 0.480 e. The predicted molar refractivity (Wildman–Crippen MR) is 77.3 cm³/mol. The minimum absolute atomic E-state index is 0.100. The van der Waals surface area contributed by atoms with E-state index in [1.54, 1.807) is 0 Å². The van der Waals surface area contributed by atoms with Crippen LogP contribution in [0.5, 0.6) is 0 Å². The SMILES string of the molecule is CC1(C)C2CCC1(C)C(NCCS(=O)(=O)CC(=O)O)C2. The van der Waals surface area contributed by atoms with Gasteiger partial charge in [-0.05, 0) is 36.0 Å². The third-order valence-electron chi connectivity index (χ3n) is 5.94. The van der Waals surface area contributed by atoms with Gasteiger partial charge >= 0.3 is 5.97 Å². The molecule has 0 radical (unpaired) electrons. The molecule has 0 amide bonds. The van der Waals surface area contributed by atoms with Crippen molar-refractivity contribution in [1.82, 2.24) is 5.32 Å². The van der Waals surface area contributed by atoms with Gasteiger partial charge in [0.2, 0.25) is 0 Å². The summed E-state index contributed by atoms with van der Waals surface area (Å²) in [4.78, 5) is 10.5. The van der Waals surface area contributed by atoms with E-state index in [1.165, 1.54) is 12.8 Å². The van der Waals surface area contributed by atoms with E-state index in [9.17, 15) is 13.2 Å². The second-order valence-corrected chi connectivity index (χ2v) is 9.29. The number of carboxylic acid groups (broad SMARTS) is 1. The first kappa shape index (κ1) is 15.8. The third kappa shape index (κ3) is 2.60. The number of hydrogen-bond acceptors (Lipinski definition) is 4. The Morgan fingerprint density at radius 1 is 1.35 bits per heavy atom. The number of carboxylic acids is 1. The molecule has 116 valence electrons. The molecule has 2 N–H and O–H groups in total. The van der Waals surface area contributed by atoms with E-state index >= 15 is 0 Å². The Morgan fingerprint density at radius 3 is 2.45 bits per heavy atom. The van der Waals surface area contributed by atoms with Gasteiger partial charge in [-0.2, -0.15) is 0 Å². The Hall–Kier alpha value is -0.620. The van der Waals surface area contributed by atoms with Crippen molar-refractivity contribution in [2.45, 2.75) is 46.1 Å². The van der Waals surface area contributed by atoms with Crippen molar-refractivity contribution in [3.63, 3.8) is 0 Å². The van der Waals surface area contributed by atoms with Crippen molar-refractivity contribution >= 4 is 15.8 Å². The molecule has 2 saturated carbocycles. The normalized spacial score (nSPS) is 35.4. The Balaban J connectivity index is 1.89. The quantitative estimate of drug-likeness (QED) is 0.772. The number of rotatable bonds is 6. The van der Waals surface area contributed by atoms with E-state index in [0.717, 1.165) is 6.42 Å². The second-order valence-electron chi connectivity index (χ2n) is 7.10. The van der Waals surface area contributed by atoms with Crippen LogP contribution < -0.4 is 5.32 Å². The van der Waals surface area contributed by atoms with E-state index in [4.69, 9.17) is 5.11 Å². The van der Waals surface area contributed by atoms with Gasteiger partial charge in [0.15, 0.2) is 9.84 Å². The first-order valence-corrected chi connectivity index (χ1v) is 9.06. The Bertz CT molecular complexity index is 499. The van der Waals surface area contributed by atoms with Crippen molar-refractivity contribution in [2.24, 2.45) is 16.7 Å². The van der Waals surface area contributed by atoms with Gasteiger partial charge in [0.25, 0.3) is 0 Å². The fourth-order valence-electron chi connectivity index (χ4n) is 4.16. The Morgan fingerprint density at radius 2 is 2.00 bits per heavy atom. The standard InChI is InChI=1S/C14H25NO4S/c1-13(2)10-4-5-14(13,3)11(8-10)15-6-7-20(18,19)9-12(16)17/h10-11,15H,4-9H2,1-3H3,(H,16,17). The van der Waals surface area contributed by atoms with Crippen LogP contribution in [-0.4, -0.2) is 43.6 Å². The summed E-state index contributed by atoms with van der Waals surface area (Å²) in [7, 11) is -3.50. The second kappa shape index (κ2) is 4.98. The zero-order valence-electron chi connectivity index (χ0n) is 12.5. The predicted octanol–water partition coefficient (Wildman–Crippen LogP) is 1.29. The zero-order chi connectivity index (χ0) is 15.2. The molecule has 0 aromatic heterocycles. The van der Waals surface area contributed by atoms with Gasteiger partial charge in [-0.15, -0.1) is 0 Å². The highest BCUT2D eigenvalue weighted by molar-refractivity contribution is 7.92. The molecule has 2 rings (SSSR count). The fourth-order valence-corrected chi connectivity index (χ4v) is 5.11. The van der Waals surface area contributed by atoms with Crippen LogP contribution in [0.3, 0.4) is 0 Å². The average molecular weight is 303 g/mol. The van der Waals surface area contributed by atoms with E-state index < -0.39 is 21.6 Å². The molecular formula is C14H25NO4S. The van der Waals surface area contributed by atoms with Crippen LogP contribution in [0.15, 0.2) is 0 Å². The molecule has 2 aliphatic carbocycles. The Labute approximate surface area is 121 Å². The summed E-state index contributed by atoms with van der Waals surface area (Å²) in [6.45, 7) is 7.27. The molecule has 3 atom stereocenters. The van der Waals surface area contributed by atoms with Crippen molar-refractivity contribution in [1.29, 1.82) is 0 Å².